The van der Waals surface area contributed by atoms with Gasteiger partial charge >= 0.3 is 5.97 Å². The molecule has 7 atom stereocenters. The lowest BCUT2D eigenvalue weighted by atomic mass is 9.65. The molecule has 0 radical (unpaired) electrons. The lowest BCUT2D eigenvalue weighted by Gasteiger charge is -2.45. The highest BCUT2D eigenvalue weighted by molar-refractivity contribution is 6.01. The number of carbonyl (C=O) groups excluding carboxylic acids is 1. The van der Waals surface area contributed by atoms with Crippen molar-refractivity contribution in [3.8, 4) is 0 Å². The molecule has 0 spiro atoms. The molecule has 0 aromatic heterocycles. The third kappa shape index (κ3) is 3.45. The Hall–Kier alpha value is -1.84. The molecule has 0 aromatic rings. The fourth-order valence-electron chi connectivity index (χ4n) is 8.19. The summed E-state index contributed by atoms with van der Waals surface area (Å²) in [5, 5.41) is 9.90. The summed E-state index contributed by atoms with van der Waals surface area (Å²) >= 11 is 0. The van der Waals surface area contributed by atoms with Gasteiger partial charge in [-0.15, -0.1) is 0 Å². The Bertz CT molecular complexity index is 1010. The Morgan fingerprint density at radius 2 is 1.85 bits per heavy atom. The average Bonchev–Trinajstić information content (AvgIpc) is 3.29. The standard InChI is InChI=1S/C30H42O4/c1-18-8-9-20-15-22-25(34-29(20,5)12-7-11-27(2,3)13-10-18)24(31)21-14-19-16-28(4,26(32)33)17-23(19)30(21,22)6/h7,10-11,19-21,23H,8-9,12-17H2,1-6H3,(H,32,33)/b11-7-,18-10-/t19-,20-,21-,23+,28-,29+,30-/m0/s1. The summed E-state index contributed by atoms with van der Waals surface area (Å²) in [7, 11) is 0. The van der Waals surface area contributed by atoms with Crippen LogP contribution >= 0.6 is 0 Å². The largest absolute Gasteiger partial charge is 0.483 e. The topological polar surface area (TPSA) is 63.6 Å². The van der Waals surface area contributed by atoms with Crippen LogP contribution in [-0.2, 0) is 14.3 Å². The molecule has 0 unspecified atom stereocenters. The zero-order valence-corrected chi connectivity index (χ0v) is 21.9. The minimum Gasteiger partial charge on any atom is -0.483 e. The molecule has 4 heteroatoms. The molecule has 34 heavy (non-hydrogen) atoms. The van der Waals surface area contributed by atoms with Gasteiger partial charge in [0, 0.05) is 23.7 Å². The van der Waals surface area contributed by atoms with E-state index in [0.717, 1.165) is 38.5 Å². The van der Waals surface area contributed by atoms with Crippen LogP contribution in [0.1, 0.15) is 92.9 Å². The van der Waals surface area contributed by atoms with E-state index in [2.05, 4.69) is 52.8 Å². The fraction of sp³-hybridized carbons (Fsp3) is 0.733. The molecular weight excluding hydrogens is 424 g/mol. The van der Waals surface area contributed by atoms with Crippen LogP contribution in [0.2, 0.25) is 0 Å². The summed E-state index contributed by atoms with van der Waals surface area (Å²) in [6.07, 6.45) is 14.0. The lowest BCUT2D eigenvalue weighted by Crippen LogP contribution is -2.42. The van der Waals surface area contributed by atoms with Gasteiger partial charge in [-0.1, -0.05) is 44.6 Å². The Balaban J connectivity index is 1.50. The SMILES string of the molecule is C/C1=C/CC(C)(C)/C=C\C[C@@]2(C)OC3=C(C[C@@H]2CC1)[C@@]1(C)[C@@H]2C[C@@](C)(C(=O)O)C[C@@H]2C[C@H]1C3=O. The molecular formula is C30H42O4. The highest BCUT2D eigenvalue weighted by Crippen LogP contribution is 2.70. The van der Waals surface area contributed by atoms with Crippen LogP contribution in [0.25, 0.3) is 0 Å². The highest BCUT2D eigenvalue weighted by Gasteiger charge is 2.68. The van der Waals surface area contributed by atoms with Crippen molar-refractivity contribution in [1.29, 1.82) is 0 Å². The van der Waals surface area contributed by atoms with Gasteiger partial charge in [-0.3, -0.25) is 9.59 Å². The van der Waals surface area contributed by atoms with Crippen molar-refractivity contribution in [2.24, 2.45) is 39.9 Å². The van der Waals surface area contributed by atoms with E-state index in [0.29, 0.717) is 30.4 Å². The maximum atomic E-state index is 13.7. The first-order valence-electron chi connectivity index (χ1n) is 13.3. The van der Waals surface area contributed by atoms with Crippen molar-refractivity contribution in [3.05, 3.63) is 35.1 Å². The van der Waals surface area contributed by atoms with E-state index in [4.69, 9.17) is 4.74 Å². The van der Waals surface area contributed by atoms with Gasteiger partial charge in [0.2, 0.25) is 5.78 Å². The normalized spacial score (nSPS) is 47.9. The molecule has 4 aliphatic carbocycles. The van der Waals surface area contributed by atoms with Gasteiger partial charge in [-0.2, -0.15) is 0 Å². The predicted molar refractivity (Wildman–Crippen MR) is 133 cm³/mol. The average molecular weight is 467 g/mol. The molecule has 0 aromatic carbocycles. The number of ether oxygens (including phenoxy) is 1. The Morgan fingerprint density at radius 1 is 1.12 bits per heavy atom. The maximum absolute atomic E-state index is 13.7. The number of ketones is 1. The van der Waals surface area contributed by atoms with Crippen LogP contribution in [0.5, 0.6) is 0 Å². The first kappa shape index (κ1) is 23.9. The molecule has 2 fully saturated rings. The first-order chi connectivity index (χ1) is 15.8. The van der Waals surface area contributed by atoms with Crippen molar-refractivity contribution in [2.45, 2.75) is 98.5 Å². The second kappa shape index (κ2) is 7.58. The lowest BCUT2D eigenvalue weighted by molar-refractivity contribution is -0.148. The van der Waals surface area contributed by atoms with Crippen LogP contribution in [0, 0.1) is 39.9 Å². The number of hydrogen-bond donors (Lipinski definition) is 1. The number of Topliss-reactive ketones (excluding diaryl/α,β-unsaturated/α-hetero) is 1. The van der Waals surface area contributed by atoms with E-state index in [9.17, 15) is 14.7 Å². The van der Waals surface area contributed by atoms with Crippen LogP contribution in [0.15, 0.2) is 35.1 Å². The quantitative estimate of drug-likeness (QED) is 0.429. The number of carboxylic acids is 1. The number of aliphatic carboxylic acids is 1. The second-order valence-corrected chi connectivity index (χ2v) is 13.6. The van der Waals surface area contributed by atoms with Gasteiger partial charge < -0.3 is 9.84 Å². The molecule has 5 aliphatic rings. The Morgan fingerprint density at radius 3 is 2.56 bits per heavy atom. The summed E-state index contributed by atoms with van der Waals surface area (Å²) in [6.45, 7) is 13.2. The number of allylic oxidation sites excluding steroid dienone is 5. The molecule has 0 saturated heterocycles. The maximum Gasteiger partial charge on any atom is 0.309 e. The molecule has 1 aliphatic heterocycles. The first-order valence-corrected chi connectivity index (χ1v) is 13.3. The van der Waals surface area contributed by atoms with Crippen LogP contribution in [-0.4, -0.2) is 22.5 Å². The summed E-state index contributed by atoms with van der Waals surface area (Å²) in [6, 6.07) is 0. The molecule has 0 amide bonds. The van der Waals surface area contributed by atoms with Crippen molar-refractivity contribution >= 4 is 11.8 Å². The molecule has 0 bridgehead atoms. The fourth-order valence-corrected chi connectivity index (χ4v) is 8.19. The summed E-state index contributed by atoms with van der Waals surface area (Å²) in [4.78, 5) is 25.8. The van der Waals surface area contributed by atoms with Crippen molar-refractivity contribution in [2.75, 3.05) is 0 Å². The van der Waals surface area contributed by atoms with Gasteiger partial charge in [0.05, 0.1) is 5.41 Å². The molecule has 4 nitrogen and oxygen atoms in total. The minimum absolute atomic E-state index is 0.0381. The van der Waals surface area contributed by atoms with E-state index < -0.39 is 11.4 Å². The van der Waals surface area contributed by atoms with Crippen molar-refractivity contribution < 1.29 is 19.4 Å². The van der Waals surface area contributed by atoms with Gasteiger partial charge in [0.1, 0.15) is 5.60 Å². The molecule has 1 N–H and O–H groups in total. The minimum atomic E-state index is -0.687. The van der Waals surface area contributed by atoms with Gasteiger partial charge in [0.15, 0.2) is 5.76 Å². The highest BCUT2D eigenvalue weighted by atomic mass is 16.5. The van der Waals surface area contributed by atoms with Gasteiger partial charge in [0.25, 0.3) is 0 Å². The number of carbonyl (C=O) groups is 2. The molecule has 186 valence electrons. The molecule has 5 rings (SSSR count). The third-order valence-electron chi connectivity index (χ3n) is 10.6. The number of rotatable bonds is 1. The summed E-state index contributed by atoms with van der Waals surface area (Å²) in [5.41, 5.74) is 1.46. The smallest absolute Gasteiger partial charge is 0.309 e. The monoisotopic (exact) mass is 466 g/mol. The van der Waals surface area contributed by atoms with E-state index in [1.54, 1.807) is 0 Å². The molecule has 2 saturated carbocycles. The summed E-state index contributed by atoms with van der Waals surface area (Å²) in [5.74, 6) is 1.03. The van der Waals surface area contributed by atoms with Gasteiger partial charge in [-0.25, -0.2) is 0 Å². The third-order valence-corrected chi connectivity index (χ3v) is 10.6. The van der Waals surface area contributed by atoms with Crippen molar-refractivity contribution in [3.63, 3.8) is 0 Å². The second-order valence-electron chi connectivity index (χ2n) is 13.6. The number of fused-ring (bicyclic) bond motifs is 5. The zero-order chi connectivity index (χ0) is 24.7. The zero-order valence-electron chi connectivity index (χ0n) is 21.9. The molecule has 1 heterocycles. The van der Waals surface area contributed by atoms with E-state index in [1.165, 1.54) is 11.1 Å². The van der Waals surface area contributed by atoms with E-state index in [1.807, 2.05) is 6.92 Å². The van der Waals surface area contributed by atoms with E-state index >= 15 is 0 Å². The van der Waals surface area contributed by atoms with Crippen LogP contribution in [0.3, 0.4) is 0 Å². The Kier molecular flexibility index (Phi) is 5.32. The number of carboxylic acid groups (broad SMARTS) is 1. The van der Waals surface area contributed by atoms with Crippen molar-refractivity contribution in [1.82, 2.24) is 0 Å². The number of hydrogen-bond acceptors (Lipinski definition) is 3. The Labute approximate surface area is 204 Å². The van der Waals surface area contributed by atoms with E-state index in [-0.39, 0.29) is 34.1 Å². The van der Waals surface area contributed by atoms with Gasteiger partial charge in [-0.05, 0) is 88.5 Å². The predicted octanol–water partition coefficient (Wildman–Crippen LogP) is 6.86. The summed E-state index contributed by atoms with van der Waals surface area (Å²) < 4.78 is 6.78. The van der Waals surface area contributed by atoms with Crippen LogP contribution < -0.4 is 0 Å². The van der Waals surface area contributed by atoms with Crippen LogP contribution in [0.4, 0.5) is 0 Å².